The predicted octanol–water partition coefficient (Wildman–Crippen LogP) is 3.80. The van der Waals surface area contributed by atoms with Gasteiger partial charge in [-0.25, -0.2) is 0 Å². The molecule has 0 rings (SSSR count). The molecule has 0 aromatic heterocycles. The standard InChI is InChI=1S/C7H15NO.C3H8.C2H7N.C2H4O.C2H6/c1-3-5-6-8-7(9)4-2;2*1-3-2;1-2-3;1-2/h3-6H2,1-2H3,(H,8,9);3H2,1-2H3;3H,1-2H3;2H,1H3;1-2H3. The monoisotopic (exact) mass is 292 g/mol. The summed E-state index contributed by atoms with van der Waals surface area (Å²) in [7, 11) is 3.75. The first-order valence-electron chi connectivity index (χ1n) is 7.80. The van der Waals surface area contributed by atoms with E-state index in [0.29, 0.717) is 6.42 Å². The second-order valence-corrected chi connectivity index (χ2v) is 3.50. The van der Waals surface area contributed by atoms with E-state index < -0.39 is 0 Å². The van der Waals surface area contributed by atoms with Crippen LogP contribution in [0.5, 0.6) is 0 Å². The Bertz CT molecular complexity index is 138. The van der Waals surface area contributed by atoms with Crippen molar-refractivity contribution < 1.29 is 9.59 Å². The van der Waals surface area contributed by atoms with Gasteiger partial charge in [0.2, 0.25) is 5.91 Å². The zero-order chi connectivity index (χ0) is 17.2. The number of nitrogens with one attached hydrogen (secondary N) is 2. The summed E-state index contributed by atoms with van der Waals surface area (Å²) in [6.07, 6.45) is 4.83. The lowest BCUT2D eigenvalue weighted by Gasteiger charge is -1.99. The molecule has 0 aliphatic rings. The summed E-state index contributed by atoms with van der Waals surface area (Å²) in [5.74, 6) is 0.156. The highest BCUT2D eigenvalue weighted by Crippen LogP contribution is 1.83. The van der Waals surface area contributed by atoms with Crippen molar-refractivity contribution in [1.29, 1.82) is 0 Å². The Morgan fingerprint density at radius 2 is 1.35 bits per heavy atom. The lowest BCUT2D eigenvalue weighted by Crippen LogP contribution is -2.22. The smallest absolute Gasteiger partial charge is 0.219 e. The number of aldehydes is 1. The minimum absolute atomic E-state index is 0.156. The minimum atomic E-state index is 0.156. The average Bonchev–Trinajstić information content (AvgIpc) is 2.44. The Morgan fingerprint density at radius 1 is 1.05 bits per heavy atom. The predicted molar refractivity (Wildman–Crippen MR) is 92.2 cm³/mol. The summed E-state index contributed by atoms with van der Waals surface area (Å²) >= 11 is 0. The van der Waals surface area contributed by atoms with Crippen LogP contribution in [0, 0.1) is 0 Å². The molecule has 126 valence electrons. The molecule has 0 aliphatic heterocycles. The fourth-order valence-electron chi connectivity index (χ4n) is 0.530. The molecule has 0 bridgehead atoms. The van der Waals surface area contributed by atoms with Crippen molar-refractivity contribution in [3.05, 3.63) is 0 Å². The van der Waals surface area contributed by atoms with Gasteiger partial charge in [-0.15, -0.1) is 0 Å². The van der Waals surface area contributed by atoms with Gasteiger partial charge in [0.25, 0.3) is 0 Å². The number of hydrogen-bond donors (Lipinski definition) is 2. The van der Waals surface area contributed by atoms with Gasteiger partial charge in [0.1, 0.15) is 6.29 Å². The molecule has 0 atom stereocenters. The number of carbonyl (C=O) groups excluding carboxylic acids is 2. The third kappa shape index (κ3) is 119. The van der Waals surface area contributed by atoms with E-state index in [2.05, 4.69) is 31.4 Å². The molecule has 0 aromatic carbocycles. The lowest BCUT2D eigenvalue weighted by atomic mass is 10.3. The Morgan fingerprint density at radius 3 is 1.55 bits per heavy atom. The zero-order valence-corrected chi connectivity index (χ0v) is 15.4. The van der Waals surface area contributed by atoms with Crippen LogP contribution in [0.4, 0.5) is 0 Å². The van der Waals surface area contributed by atoms with Crippen LogP contribution in [-0.2, 0) is 9.59 Å². The van der Waals surface area contributed by atoms with Crippen LogP contribution in [0.1, 0.15) is 74.1 Å². The third-order valence-corrected chi connectivity index (χ3v) is 1.17. The molecule has 0 aliphatic carbocycles. The summed E-state index contributed by atoms with van der Waals surface area (Å²) in [4.78, 5) is 19.4. The molecular weight excluding hydrogens is 252 g/mol. The number of unbranched alkanes of at least 4 members (excludes halogenated alkanes) is 1. The molecule has 0 saturated heterocycles. The highest BCUT2D eigenvalue weighted by atomic mass is 16.1. The molecule has 4 nitrogen and oxygen atoms in total. The topological polar surface area (TPSA) is 58.2 Å². The largest absolute Gasteiger partial charge is 0.356 e. The van der Waals surface area contributed by atoms with Crippen molar-refractivity contribution >= 4 is 12.2 Å². The highest BCUT2D eigenvalue weighted by Gasteiger charge is 1.91. The molecular formula is C16H40N2O2. The van der Waals surface area contributed by atoms with E-state index in [-0.39, 0.29) is 5.91 Å². The van der Waals surface area contributed by atoms with Gasteiger partial charge in [-0.1, -0.05) is 54.4 Å². The van der Waals surface area contributed by atoms with E-state index in [9.17, 15) is 4.79 Å². The molecule has 0 radical (unpaired) electrons. The van der Waals surface area contributed by atoms with Crippen molar-refractivity contribution in [2.24, 2.45) is 0 Å². The number of carbonyl (C=O) groups is 2. The van der Waals surface area contributed by atoms with Crippen LogP contribution < -0.4 is 10.6 Å². The normalized spacial score (nSPS) is 6.85. The summed E-state index contributed by atoms with van der Waals surface area (Å²) < 4.78 is 0. The van der Waals surface area contributed by atoms with Gasteiger partial charge >= 0.3 is 0 Å². The fraction of sp³-hybridized carbons (Fsp3) is 0.875. The summed E-state index contributed by atoms with van der Waals surface area (Å²) in [6.45, 7) is 14.5. The molecule has 0 saturated carbocycles. The van der Waals surface area contributed by atoms with E-state index in [1.54, 1.807) is 0 Å². The van der Waals surface area contributed by atoms with E-state index in [1.165, 1.54) is 13.3 Å². The van der Waals surface area contributed by atoms with Crippen molar-refractivity contribution in [3.8, 4) is 0 Å². The molecule has 0 unspecified atom stereocenters. The zero-order valence-electron chi connectivity index (χ0n) is 15.4. The van der Waals surface area contributed by atoms with E-state index in [1.807, 2.05) is 34.9 Å². The number of hydrogen-bond acceptors (Lipinski definition) is 3. The Hall–Kier alpha value is -0.900. The average molecular weight is 293 g/mol. The Labute approximate surface area is 128 Å². The highest BCUT2D eigenvalue weighted by molar-refractivity contribution is 5.75. The second kappa shape index (κ2) is 51.9. The maximum atomic E-state index is 10.6. The number of amides is 1. The second-order valence-electron chi connectivity index (χ2n) is 3.50. The van der Waals surface area contributed by atoms with Crippen LogP contribution >= 0.6 is 0 Å². The van der Waals surface area contributed by atoms with Crippen LogP contribution in [0.25, 0.3) is 0 Å². The molecule has 1 amide bonds. The Balaban J connectivity index is -0.0000000568. The van der Waals surface area contributed by atoms with E-state index >= 15 is 0 Å². The fourth-order valence-corrected chi connectivity index (χ4v) is 0.530. The number of rotatable bonds is 4. The van der Waals surface area contributed by atoms with Crippen LogP contribution in [-0.4, -0.2) is 32.8 Å². The van der Waals surface area contributed by atoms with E-state index in [0.717, 1.165) is 25.7 Å². The van der Waals surface area contributed by atoms with Gasteiger partial charge in [0.15, 0.2) is 0 Å². The third-order valence-electron chi connectivity index (χ3n) is 1.17. The van der Waals surface area contributed by atoms with Gasteiger partial charge in [0.05, 0.1) is 0 Å². The van der Waals surface area contributed by atoms with Crippen molar-refractivity contribution in [2.45, 2.75) is 74.1 Å². The van der Waals surface area contributed by atoms with Gasteiger partial charge in [-0.3, -0.25) is 4.79 Å². The minimum Gasteiger partial charge on any atom is -0.356 e. The molecule has 4 heteroatoms. The summed E-state index contributed by atoms with van der Waals surface area (Å²) in [5.41, 5.74) is 0. The molecule has 0 spiro atoms. The SMILES string of the molecule is CC.CC=O.CCC.CCCCNC(=O)CC.CNC. The molecule has 0 heterocycles. The maximum Gasteiger partial charge on any atom is 0.219 e. The van der Waals surface area contributed by atoms with Crippen molar-refractivity contribution in [1.82, 2.24) is 10.6 Å². The van der Waals surface area contributed by atoms with Gasteiger partial charge in [-0.05, 0) is 27.4 Å². The molecule has 0 fully saturated rings. The van der Waals surface area contributed by atoms with Gasteiger partial charge < -0.3 is 15.4 Å². The van der Waals surface area contributed by atoms with E-state index in [4.69, 9.17) is 4.79 Å². The first kappa shape index (κ1) is 31.5. The summed E-state index contributed by atoms with van der Waals surface area (Å²) in [6, 6.07) is 0. The molecule has 20 heavy (non-hydrogen) atoms. The first-order valence-corrected chi connectivity index (χ1v) is 7.80. The summed E-state index contributed by atoms with van der Waals surface area (Å²) in [5, 5.41) is 5.54. The van der Waals surface area contributed by atoms with Gasteiger partial charge in [0, 0.05) is 13.0 Å². The molecule has 2 N–H and O–H groups in total. The van der Waals surface area contributed by atoms with Crippen LogP contribution in [0.2, 0.25) is 0 Å². The van der Waals surface area contributed by atoms with Crippen LogP contribution in [0.15, 0.2) is 0 Å². The quantitative estimate of drug-likeness (QED) is 0.612. The van der Waals surface area contributed by atoms with Crippen molar-refractivity contribution in [2.75, 3.05) is 20.6 Å². The molecule has 0 aromatic rings. The first-order chi connectivity index (χ1) is 9.55. The lowest BCUT2D eigenvalue weighted by molar-refractivity contribution is -0.120. The van der Waals surface area contributed by atoms with Crippen molar-refractivity contribution in [3.63, 3.8) is 0 Å². The van der Waals surface area contributed by atoms with Crippen LogP contribution in [0.3, 0.4) is 0 Å². The maximum absolute atomic E-state index is 10.6. The van der Waals surface area contributed by atoms with Gasteiger partial charge in [-0.2, -0.15) is 0 Å². The Kier molecular flexibility index (Phi) is 81.6.